The summed E-state index contributed by atoms with van der Waals surface area (Å²) in [5, 5.41) is 17.3. The molecule has 0 aromatic heterocycles. The molecule has 2 aromatic carbocycles. The number of hydrogen-bond donors (Lipinski definition) is 4. The van der Waals surface area contributed by atoms with Crippen LogP contribution in [-0.2, 0) is 32.1 Å². The average Bonchev–Trinajstić information content (AvgIpc) is 2.86. The van der Waals surface area contributed by atoms with Crippen LogP contribution in [0.15, 0.2) is 60.7 Å². The summed E-state index contributed by atoms with van der Waals surface area (Å²) in [7, 11) is 0. The molecule has 10 heteroatoms. The molecule has 2 atom stereocenters. The highest BCUT2D eigenvalue weighted by molar-refractivity contribution is 5.89. The van der Waals surface area contributed by atoms with Gasteiger partial charge in [-0.25, -0.2) is 14.4 Å². The van der Waals surface area contributed by atoms with Crippen molar-refractivity contribution in [3.63, 3.8) is 0 Å². The van der Waals surface area contributed by atoms with E-state index in [1.54, 1.807) is 20.8 Å². The number of carbonyl (C=O) groups is 4. The van der Waals surface area contributed by atoms with E-state index in [-0.39, 0.29) is 19.4 Å². The lowest BCUT2D eigenvalue weighted by atomic mass is 10.0. The second-order valence-corrected chi connectivity index (χ2v) is 9.77. The van der Waals surface area contributed by atoms with Gasteiger partial charge in [-0.1, -0.05) is 60.7 Å². The maximum Gasteiger partial charge on any atom is 0.408 e. The molecule has 0 bridgehead atoms. The molecule has 0 aliphatic rings. The first-order valence-electron chi connectivity index (χ1n) is 12.5. The fraction of sp³-hybridized carbons (Fsp3) is 0.429. The van der Waals surface area contributed by atoms with E-state index in [2.05, 4.69) is 16.0 Å². The molecule has 0 aliphatic heterocycles. The molecule has 0 spiro atoms. The van der Waals surface area contributed by atoms with E-state index in [9.17, 15) is 24.3 Å². The lowest BCUT2D eigenvalue weighted by Crippen LogP contribution is -2.52. The van der Waals surface area contributed by atoms with Crippen molar-refractivity contribution in [1.82, 2.24) is 16.0 Å². The third-order valence-electron chi connectivity index (χ3n) is 5.31. The van der Waals surface area contributed by atoms with E-state index in [1.807, 2.05) is 60.7 Å². The Morgan fingerprint density at radius 1 is 0.816 bits per heavy atom. The van der Waals surface area contributed by atoms with E-state index in [0.29, 0.717) is 19.4 Å². The van der Waals surface area contributed by atoms with Crippen molar-refractivity contribution in [3.05, 3.63) is 71.8 Å². The van der Waals surface area contributed by atoms with Crippen molar-refractivity contribution >= 4 is 24.1 Å². The van der Waals surface area contributed by atoms with Crippen LogP contribution in [0.25, 0.3) is 0 Å². The second kappa shape index (κ2) is 15.2. The fourth-order valence-electron chi connectivity index (χ4n) is 3.47. The van der Waals surface area contributed by atoms with Crippen molar-refractivity contribution in [2.45, 2.75) is 70.7 Å². The highest BCUT2D eigenvalue weighted by Gasteiger charge is 2.27. The van der Waals surface area contributed by atoms with Crippen molar-refractivity contribution in [2.24, 2.45) is 0 Å². The molecule has 2 aromatic rings. The second-order valence-electron chi connectivity index (χ2n) is 9.77. The number of unbranched alkanes of at least 4 members (excludes halogenated alkanes) is 1. The van der Waals surface area contributed by atoms with E-state index in [1.165, 1.54) is 0 Å². The number of carboxylic acids is 1. The summed E-state index contributed by atoms with van der Waals surface area (Å²) in [4.78, 5) is 49.0. The van der Waals surface area contributed by atoms with Crippen LogP contribution in [0.2, 0.25) is 0 Å². The molecule has 0 saturated carbocycles. The molecule has 0 aliphatic carbocycles. The summed E-state index contributed by atoms with van der Waals surface area (Å²) in [5.41, 5.74) is 0.969. The predicted octanol–water partition coefficient (Wildman–Crippen LogP) is 3.79. The first-order valence-corrected chi connectivity index (χ1v) is 12.5. The van der Waals surface area contributed by atoms with Crippen molar-refractivity contribution < 1.29 is 33.8 Å². The quantitative estimate of drug-likeness (QED) is 0.290. The summed E-state index contributed by atoms with van der Waals surface area (Å²) in [5.74, 6) is -1.83. The Labute approximate surface area is 223 Å². The molecule has 0 saturated heterocycles. The van der Waals surface area contributed by atoms with Crippen LogP contribution in [0.5, 0.6) is 0 Å². The molecule has 0 fully saturated rings. The number of carboxylic acid groups (broad SMARTS) is 1. The molecule has 0 unspecified atom stereocenters. The van der Waals surface area contributed by atoms with Gasteiger partial charge < -0.3 is 30.5 Å². The van der Waals surface area contributed by atoms with E-state index in [0.717, 1.165) is 11.1 Å². The van der Waals surface area contributed by atoms with Gasteiger partial charge in [-0.2, -0.15) is 0 Å². The minimum atomic E-state index is -1.19. The first kappa shape index (κ1) is 30.1. The smallest absolute Gasteiger partial charge is 0.408 e. The number of amides is 3. The van der Waals surface area contributed by atoms with E-state index >= 15 is 0 Å². The van der Waals surface area contributed by atoms with Gasteiger partial charge in [-0.3, -0.25) is 4.79 Å². The van der Waals surface area contributed by atoms with E-state index < -0.39 is 41.7 Å². The number of nitrogens with one attached hydrogen (secondary N) is 3. The fourth-order valence-corrected chi connectivity index (χ4v) is 3.47. The minimum Gasteiger partial charge on any atom is -0.480 e. The van der Waals surface area contributed by atoms with Crippen LogP contribution in [0, 0.1) is 0 Å². The van der Waals surface area contributed by atoms with Gasteiger partial charge in [0.1, 0.15) is 24.3 Å². The number of rotatable bonds is 13. The van der Waals surface area contributed by atoms with Crippen LogP contribution in [0.3, 0.4) is 0 Å². The van der Waals surface area contributed by atoms with Gasteiger partial charge >= 0.3 is 18.2 Å². The van der Waals surface area contributed by atoms with Crippen LogP contribution in [0.4, 0.5) is 9.59 Å². The largest absolute Gasteiger partial charge is 0.480 e. The zero-order valence-corrected chi connectivity index (χ0v) is 22.1. The highest BCUT2D eigenvalue weighted by Crippen LogP contribution is 2.09. The average molecular weight is 528 g/mol. The molecule has 0 radical (unpaired) electrons. The Kier molecular flexibility index (Phi) is 12.1. The Bertz CT molecular complexity index is 1040. The standard InChI is InChI=1S/C28H37N3O7/c1-28(2,3)38-26(35)29-17-11-10-16-22(25(33)34)30-24(32)23(18-20-12-6-4-7-13-20)31-27(36)37-19-21-14-8-5-9-15-21/h4-9,12-15,22-23H,10-11,16-19H2,1-3H3,(H,29,35)(H,30,32)(H,31,36)(H,33,34)/t22-,23-/m0/s1. The number of hydrogen-bond acceptors (Lipinski definition) is 6. The third kappa shape index (κ3) is 12.2. The molecule has 38 heavy (non-hydrogen) atoms. The molecule has 10 nitrogen and oxygen atoms in total. The van der Waals surface area contributed by atoms with Gasteiger partial charge in [0.05, 0.1) is 0 Å². The molecular weight excluding hydrogens is 490 g/mol. The van der Waals surface area contributed by atoms with Gasteiger partial charge in [0.15, 0.2) is 0 Å². The zero-order valence-electron chi connectivity index (χ0n) is 22.1. The number of carbonyl (C=O) groups excluding carboxylic acids is 3. The molecule has 2 rings (SSSR count). The van der Waals surface area contributed by atoms with Crippen molar-refractivity contribution in [1.29, 1.82) is 0 Å². The van der Waals surface area contributed by atoms with Crippen LogP contribution in [0.1, 0.15) is 51.2 Å². The van der Waals surface area contributed by atoms with Gasteiger partial charge in [-0.15, -0.1) is 0 Å². The Hall–Kier alpha value is -4.08. The molecule has 4 N–H and O–H groups in total. The molecule has 3 amide bonds. The van der Waals surface area contributed by atoms with Crippen LogP contribution >= 0.6 is 0 Å². The van der Waals surface area contributed by atoms with Crippen LogP contribution in [-0.4, -0.2) is 53.4 Å². The van der Waals surface area contributed by atoms with Crippen molar-refractivity contribution in [2.75, 3.05) is 6.54 Å². The van der Waals surface area contributed by atoms with Crippen molar-refractivity contribution in [3.8, 4) is 0 Å². The van der Waals surface area contributed by atoms with Crippen LogP contribution < -0.4 is 16.0 Å². The number of benzene rings is 2. The number of ether oxygens (including phenoxy) is 2. The predicted molar refractivity (Wildman–Crippen MR) is 141 cm³/mol. The molecule has 206 valence electrons. The summed E-state index contributed by atoms with van der Waals surface area (Å²) >= 11 is 0. The number of alkyl carbamates (subject to hydrolysis) is 2. The summed E-state index contributed by atoms with van der Waals surface area (Å²) in [6.07, 6.45) is -0.105. The minimum absolute atomic E-state index is 0.0292. The maximum atomic E-state index is 13.1. The van der Waals surface area contributed by atoms with Gasteiger partial charge in [0.25, 0.3) is 0 Å². The van der Waals surface area contributed by atoms with E-state index in [4.69, 9.17) is 9.47 Å². The summed E-state index contributed by atoms with van der Waals surface area (Å²) < 4.78 is 10.4. The SMILES string of the molecule is CC(C)(C)OC(=O)NCCCC[C@H](NC(=O)[C@H](Cc1ccccc1)NC(=O)OCc1ccccc1)C(=O)O. The first-order chi connectivity index (χ1) is 18.0. The maximum absolute atomic E-state index is 13.1. The lowest BCUT2D eigenvalue weighted by molar-refractivity contribution is -0.142. The zero-order chi connectivity index (χ0) is 28.0. The number of aliphatic carboxylic acids is 1. The third-order valence-corrected chi connectivity index (χ3v) is 5.31. The van der Waals surface area contributed by atoms with Gasteiger partial charge in [0, 0.05) is 13.0 Å². The Morgan fingerprint density at radius 2 is 1.42 bits per heavy atom. The highest BCUT2D eigenvalue weighted by atomic mass is 16.6. The van der Waals surface area contributed by atoms with Gasteiger partial charge in [-0.05, 0) is 51.2 Å². The van der Waals surface area contributed by atoms with Gasteiger partial charge in [0.2, 0.25) is 5.91 Å². The lowest BCUT2D eigenvalue weighted by Gasteiger charge is -2.22. The molecular formula is C28H37N3O7. The monoisotopic (exact) mass is 527 g/mol. The Morgan fingerprint density at radius 3 is 2.00 bits per heavy atom. The summed E-state index contributed by atoms with van der Waals surface area (Å²) in [6, 6.07) is 16.0. The summed E-state index contributed by atoms with van der Waals surface area (Å²) in [6.45, 7) is 5.61. The topological polar surface area (TPSA) is 143 Å². The Balaban J connectivity index is 1.92. The molecule has 0 heterocycles. The normalized spacial score (nSPS) is 12.5.